The van der Waals surface area contributed by atoms with Crippen LogP contribution in [0.4, 0.5) is 0 Å². The van der Waals surface area contributed by atoms with Gasteiger partial charge in [0.1, 0.15) is 11.4 Å². The molecule has 5 heteroatoms. The normalized spacial score (nSPS) is 10.8. The second kappa shape index (κ2) is 9.11. The summed E-state index contributed by atoms with van der Waals surface area (Å²) in [7, 11) is 0. The third-order valence-electron chi connectivity index (χ3n) is 3.64. The number of aryl methyl sites for hydroxylation is 1. The third kappa shape index (κ3) is 6.07. The Morgan fingerprint density at radius 3 is 2.71 bits per heavy atom. The van der Waals surface area contributed by atoms with Gasteiger partial charge in [-0.05, 0) is 50.3 Å². The second-order valence-corrected chi connectivity index (χ2v) is 6.50. The number of aromatic nitrogens is 2. The molecule has 2 aromatic rings. The minimum atomic E-state index is -0.124. The SMILES string of the molecule is Cc1ccc(OCCCCNC(=O)c2cc(CC(C)C)[nH]n2)cc1. The molecule has 0 aliphatic carbocycles. The predicted octanol–water partition coefficient (Wildman–Crippen LogP) is 3.51. The lowest BCUT2D eigenvalue weighted by atomic mass is 10.1. The minimum Gasteiger partial charge on any atom is -0.494 e. The van der Waals surface area contributed by atoms with E-state index < -0.39 is 0 Å². The molecule has 1 aromatic carbocycles. The van der Waals surface area contributed by atoms with Gasteiger partial charge in [0.15, 0.2) is 0 Å². The Hall–Kier alpha value is -2.30. The van der Waals surface area contributed by atoms with Crippen molar-refractivity contribution in [1.29, 1.82) is 0 Å². The molecule has 0 saturated carbocycles. The Morgan fingerprint density at radius 2 is 2.00 bits per heavy atom. The highest BCUT2D eigenvalue weighted by Gasteiger charge is 2.10. The summed E-state index contributed by atoms with van der Waals surface area (Å²) in [5.41, 5.74) is 2.68. The van der Waals surface area contributed by atoms with Gasteiger partial charge < -0.3 is 10.1 Å². The van der Waals surface area contributed by atoms with Gasteiger partial charge >= 0.3 is 0 Å². The third-order valence-corrected chi connectivity index (χ3v) is 3.64. The molecular formula is C19H27N3O2. The minimum absolute atomic E-state index is 0.124. The van der Waals surface area contributed by atoms with E-state index in [9.17, 15) is 4.79 Å². The average Bonchev–Trinajstić information content (AvgIpc) is 3.00. The van der Waals surface area contributed by atoms with Crippen LogP contribution in [-0.4, -0.2) is 29.3 Å². The number of hydrogen-bond donors (Lipinski definition) is 2. The summed E-state index contributed by atoms with van der Waals surface area (Å²) >= 11 is 0. The highest BCUT2D eigenvalue weighted by atomic mass is 16.5. The molecule has 5 nitrogen and oxygen atoms in total. The van der Waals surface area contributed by atoms with Crippen LogP contribution in [0.3, 0.4) is 0 Å². The van der Waals surface area contributed by atoms with Crippen molar-refractivity contribution in [1.82, 2.24) is 15.5 Å². The van der Waals surface area contributed by atoms with Crippen molar-refractivity contribution in [3.63, 3.8) is 0 Å². The molecule has 0 aliphatic rings. The van der Waals surface area contributed by atoms with Crippen LogP contribution < -0.4 is 10.1 Å². The van der Waals surface area contributed by atoms with Gasteiger partial charge in [0.2, 0.25) is 0 Å². The van der Waals surface area contributed by atoms with Gasteiger partial charge in [-0.15, -0.1) is 0 Å². The Labute approximate surface area is 143 Å². The largest absolute Gasteiger partial charge is 0.494 e. The second-order valence-electron chi connectivity index (χ2n) is 6.50. The van der Waals surface area contributed by atoms with Crippen molar-refractivity contribution < 1.29 is 9.53 Å². The first-order valence-corrected chi connectivity index (χ1v) is 8.56. The average molecular weight is 329 g/mol. The number of ether oxygens (including phenoxy) is 1. The van der Waals surface area contributed by atoms with Crippen molar-refractivity contribution in [2.24, 2.45) is 5.92 Å². The Morgan fingerprint density at radius 1 is 1.25 bits per heavy atom. The molecule has 0 fully saturated rings. The van der Waals surface area contributed by atoms with Gasteiger partial charge in [0.25, 0.3) is 5.91 Å². The van der Waals surface area contributed by atoms with Crippen LogP contribution in [0.1, 0.15) is 48.4 Å². The number of carbonyl (C=O) groups excluding carboxylic acids is 1. The highest BCUT2D eigenvalue weighted by Crippen LogP contribution is 2.11. The van der Waals surface area contributed by atoms with Crippen LogP contribution in [0.25, 0.3) is 0 Å². The van der Waals surface area contributed by atoms with Gasteiger partial charge in [-0.3, -0.25) is 9.89 Å². The van der Waals surface area contributed by atoms with Crippen LogP contribution in [0, 0.1) is 12.8 Å². The molecule has 1 amide bonds. The van der Waals surface area contributed by atoms with Crippen molar-refractivity contribution >= 4 is 5.91 Å². The summed E-state index contributed by atoms with van der Waals surface area (Å²) in [6, 6.07) is 9.85. The van der Waals surface area contributed by atoms with E-state index in [-0.39, 0.29) is 5.91 Å². The van der Waals surface area contributed by atoms with E-state index in [4.69, 9.17) is 4.74 Å². The van der Waals surface area contributed by atoms with E-state index in [1.54, 1.807) is 0 Å². The number of hydrogen-bond acceptors (Lipinski definition) is 3. The van der Waals surface area contributed by atoms with Crippen LogP contribution >= 0.6 is 0 Å². The van der Waals surface area contributed by atoms with E-state index in [1.807, 2.05) is 30.3 Å². The summed E-state index contributed by atoms with van der Waals surface area (Å²) in [6.07, 6.45) is 2.67. The number of aromatic amines is 1. The number of benzene rings is 1. The number of rotatable bonds is 9. The van der Waals surface area contributed by atoms with Gasteiger partial charge in [0.05, 0.1) is 6.61 Å². The molecule has 2 rings (SSSR count). The van der Waals surface area contributed by atoms with Crippen LogP contribution in [0.2, 0.25) is 0 Å². The number of amides is 1. The molecular weight excluding hydrogens is 302 g/mol. The topological polar surface area (TPSA) is 67.0 Å². The zero-order valence-electron chi connectivity index (χ0n) is 14.8. The lowest BCUT2D eigenvalue weighted by molar-refractivity contribution is 0.0947. The van der Waals surface area contributed by atoms with Crippen molar-refractivity contribution in [2.45, 2.75) is 40.0 Å². The molecule has 0 bridgehead atoms. The number of carbonyl (C=O) groups is 1. The molecule has 1 aromatic heterocycles. The fraction of sp³-hybridized carbons (Fsp3) is 0.474. The molecule has 0 spiro atoms. The maximum atomic E-state index is 12.0. The van der Waals surface area contributed by atoms with Gasteiger partial charge in [0, 0.05) is 12.2 Å². The van der Waals surface area contributed by atoms with E-state index in [2.05, 4.69) is 36.3 Å². The van der Waals surface area contributed by atoms with Gasteiger partial charge in [-0.25, -0.2) is 0 Å². The van der Waals surface area contributed by atoms with Crippen LogP contribution in [-0.2, 0) is 6.42 Å². The summed E-state index contributed by atoms with van der Waals surface area (Å²) in [6.45, 7) is 7.61. The number of H-pyrrole nitrogens is 1. The van der Waals surface area contributed by atoms with E-state index in [1.165, 1.54) is 5.56 Å². The zero-order valence-corrected chi connectivity index (χ0v) is 14.8. The van der Waals surface area contributed by atoms with Crippen molar-refractivity contribution in [3.05, 3.63) is 47.3 Å². The van der Waals surface area contributed by atoms with Crippen LogP contribution in [0.5, 0.6) is 5.75 Å². The first-order valence-electron chi connectivity index (χ1n) is 8.56. The summed E-state index contributed by atoms with van der Waals surface area (Å²) in [4.78, 5) is 12.0. The Balaban J connectivity index is 1.60. The number of unbranched alkanes of at least 4 members (excludes halogenated alkanes) is 1. The molecule has 0 aliphatic heterocycles. The van der Waals surface area contributed by atoms with Gasteiger partial charge in [-0.2, -0.15) is 5.10 Å². The lowest BCUT2D eigenvalue weighted by Crippen LogP contribution is -2.25. The summed E-state index contributed by atoms with van der Waals surface area (Å²) in [5.74, 6) is 1.30. The number of nitrogens with zero attached hydrogens (tertiary/aromatic N) is 1. The maximum absolute atomic E-state index is 12.0. The Bertz CT molecular complexity index is 632. The smallest absolute Gasteiger partial charge is 0.271 e. The molecule has 0 unspecified atom stereocenters. The number of nitrogens with one attached hydrogen (secondary N) is 2. The predicted molar refractivity (Wildman–Crippen MR) is 95.4 cm³/mol. The first-order chi connectivity index (χ1) is 11.5. The summed E-state index contributed by atoms with van der Waals surface area (Å²) in [5, 5.41) is 9.88. The fourth-order valence-electron chi connectivity index (χ4n) is 2.37. The van der Waals surface area contributed by atoms with E-state index in [0.717, 1.165) is 30.7 Å². The first kappa shape index (κ1) is 18.0. The maximum Gasteiger partial charge on any atom is 0.271 e. The molecule has 130 valence electrons. The zero-order chi connectivity index (χ0) is 17.4. The van der Waals surface area contributed by atoms with Gasteiger partial charge in [-0.1, -0.05) is 31.5 Å². The van der Waals surface area contributed by atoms with E-state index >= 15 is 0 Å². The van der Waals surface area contributed by atoms with E-state index in [0.29, 0.717) is 24.8 Å². The quantitative estimate of drug-likeness (QED) is 0.692. The van der Waals surface area contributed by atoms with Crippen molar-refractivity contribution in [2.75, 3.05) is 13.2 Å². The lowest BCUT2D eigenvalue weighted by Gasteiger charge is -2.07. The fourth-order valence-corrected chi connectivity index (χ4v) is 2.37. The molecule has 2 N–H and O–H groups in total. The standard InChI is InChI=1S/C19H27N3O2/c1-14(2)12-16-13-18(22-21-16)19(23)20-10-4-5-11-24-17-8-6-15(3)7-9-17/h6-9,13-14H,4-5,10-12H2,1-3H3,(H,20,23)(H,21,22). The Kier molecular flexibility index (Phi) is 6.85. The van der Waals surface area contributed by atoms with Crippen LogP contribution in [0.15, 0.2) is 30.3 Å². The molecule has 0 saturated heterocycles. The molecule has 0 radical (unpaired) electrons. The van der Waals surface area contributed by atoms with Crippen molar-refractivity contribution in [3.8, 4) is 5.75 Å². The molecule has 24 heavy (non-hydrogen) atoms. The summed E-state index contributed by atoms with van der Waals surface area (Å²) < 4.78 is 5.66. The molecule has 0 atom stereocenters. The monoisotopic (exact) mass is 329 g/mol. The highest BCUT2D eigenvalue weighted by molar-refractivity contribution is 5.92. The molecule has 1 heterocycles.